The molecule has 3 rings (SSSR count). The lowest BCUT2D eigenvalue weighted by Gasteiger charge is -2.21. The number of aromatic amines is 1. The van der Waals surface area contributed by atoms with Crippen molar-refractivity contribution in [2.45, 2.75) is 37.0 Å². The van der Waals surface area contributed by atoms with E-state index in [-0.39, 0.29) is 21.7 Å². The lowest BCUT2D eigenvalue weighted by atomic mass is 10.1. The van der Waals surface area contributed by atoms with Crippen LogP contribution in [0.5, 0.6) is 0 Å². The normalized spacial score (nSPS) is 17.7. The summed E-state index contributed by atoms with van der Waals surface area (Å²) in [5.74, 6) is 0.656. The zero-order chi connectivity index (χ0) is 17.6. The Balaban J connectivity index is 2.12. The Kier molecular flexibility index (Phi) is 4.21. The second kappa shape index (κ2) is 5.93. The van der Waals surface area contributed by atoms with Gasteiger partial charge in [0, 0.05) is 12.3 Å². The van der Waals surface area contributed by atoms with E-state index in [1.54, 1.807) is 28.9 Å². The number of sulfone groups is 1. The SMILES string of the molecule is CC1=Nc2c(c(=O)[nH]n2C(C)C)[C@H](c2ccc(S(C)(=O)=O)cc2)S1. The molecule has 24 heavy (non-hydrogen) atoms. The Labute approximate surface area is 144 Å². The maximum absolute atomic E-state index is 12.5. The minimum atomic E-state index is -3.24. The van der Waals surface area contributed by atoms with E-state index < -0.39 is 9.84 Å². The zero-order valence-electron chi connectivity index (χ0n) is 13.9. The first-order valence-corrected chi connectivity index (χ1v) is 10.3. The zero-order valence-corrected chi connectivity index (χ0v) is 15.5. The van der Waals surface area contributed by atoms with Crippen LogP contribution in [0.15, 0.2) is 38.9 Å². The van der Waals surface area contributed by atoms with Crippen LogP contribution in [0.25, 0.3) is 0 Å². The first-order valence-electron chi connectivity index (χ1n) is 7.55. The number of H-pyrrole nitrogens is 1. The second-order valence-corrected chi connectivity index (χ2v) is 9.43. The molecule has 0 fully saturated rings. The molecule has 2 heterocycles. The molecule has 0 saturated carbocycles. The van der Waals surface area contributed by atoms with Crippen LogP contribution in [-0.2, 0) is 9.84 Å². The maximum atomic E-state index is 12.5. The van der Waals surface area contributed by atoms with Crippen molar-refractivity contribution in [1.29, 1.82) is 0 Å². The second-order valence-electron chi connectivity index (χ2n) is 6.11. The number of fused-ring (bicyclic) bond motifs is 1. The van der Waals surface area contributed by atoms with E-state index in [4.69, 9.17) is 0 Å². The Morgan fingerprint density at radius 2 is 1.88 bits per heavy atom. The first kappa shape index (κ1) is 17.0. The van der Waals surface area contributed by atoms with Crippen LogP contribution in [-0.4, -0.2) is 29.5 Å². The van der Waals surface area contributed by atoms with Gasteiger partial charge in [0.15, 0.2) is 15.7 Å². The number of benzene rings is 1. The fourth-order valence-corrected chi connectivity index (χ4v) is 4.44. The molecule has 6 nitrogen and oxygen atoms in total. The predicted molar refractivity (Wildman–Crippen MR) is 97.2 cm³/mol. The average Bonchev–Trinajstić information content (AvgIpc) is 2.83. The third-order valence-corrected chi connectivity index (χ3v) is 6.18. The molecule has 1 aliphatic heterocycles. The van der Waals surface area contributed by atoms with Crippen molar-refractivity contribution < 1.29 is 8.42 Å². The lowest BCUT2D eigenvalue weighted by Crippen LogP contribution is -2.13. The molecule has 0 aliphatic carbocycles. The van der Waals surface area contributed by atoms with Gasteiger partial charge in [-0.1, -0.05) is 23.9 Å². The molecule has 0 saturated heterocycles. The molecule has 128 valence electrons. The average molecular weight is 365 g/mol. The number of hydrogen-bond donors (Lipinski definition) is 1. The molecule has 1 aromatic heterocycles. The minimum Gasteiger partial charge on any atom is -0.268 e. The molecule has 1 atom stereocenters. The van der Waals surface area contributed by atoms with Crippen molar-refractivity contribution >= 4 is 32.5 Å². The van der Waals surface area contributed by atoms with Crippen molar-refractivity contribution in [2.75, 3.05) is 6.26 Å². The molecule has 1 N–H and O–H groups in total. The molecule has 1 aromatic carbocycles. The highest BCUT2D eigenvalue weighted by Gasteiger charge is 2.30. The van der Waals surface area contributed by atoms with Gasteiger partial charge in [0.1, 0.15) is 0 Å². The quantitative estimate of drug-likeness (QED) is 0.906. The third kappa shape index (κ3) is 2.95. The van der Waals surface area contributed by atoms with E-state index in [1.165, 1.54) is 18.0 Å². The molecule has 0 unspecified atom stereocenters. The van der Waals surface area contributed by atoms with Gasteiger partial charge in [-0.25, -0.2) is 13.4 Å². The largest absolute Gasteiger partial charge is 0.271 e. The summed E-state index contributed by atoms with van der Waals surface area (Å²) in [6.45, 7) is 5.88. The molecular formula is C16H19N3O3S2. The van der Waals surface area contributed by atoms with Gasteiger partial charge < -0.3 is 0 Å². The van der Waals surface area contributed by atoms with E-state index in [9.17, 15) is 13.2 Å². The third-order valence-electron chi connectivity index (χ3n) is 3.88. The highest BCUT2D eigenvalue weighted by Crippen LogP contribution is 2.44. The molecule has 0 radical (unpaired) electrons. The van der Waals surface area contributed by atoms with Crippen LogP contribution in [0.4, 0.5) is 5.82 Å². The van der Waals surface area contributed by atoms with Crippen LogP contribution in [0.1, 0.15) is 43.2 Å². The highest BCUT2D eigenvalue weighted by atomic mass is 32.2. The predicted octanol–water partition coefficient (Wildman–Crippen LogP) is 3.05. The Morgan fingerprint density at radius 1 is 1.25 bits per heavy atom. The van der Waals surface area contributed by atoms with Crippen molar-refractivity contribution in [3.05, 3.63) is 45.7 Å². The van der Waals surface area contributed by atoms with Gasteiger partial charge in [-0.3, -0.25) is 14.6 Å². The van der Waals surface area contributed by atoms with Gasteiger partial charge in [-0.2, -0.15) is 0 Å². The fraction of sp³-hybridized carbons (Fsp3) is 0.375. The number of nitrogens with zero attached hydrogens (tertiary/aromatic N) is 2. The Morgan fingerprint density at radius 3 is 2.42 bits per heavy atom. The summed E-state index contributed by atoms with van der Waals surface area (Å²) in [7, 11) is -3.24. The summed E-state index contributed by atoms with van der Waals surface area (Å²) in [6.07, 6.45) is 1.18. The van der Waals surface area contributed by atoms with Crippen LogP contribution >= 0.6 is 11.8 Å². The summed E-state index contributed by atoms with van der Waals surface area (Å²) in [6, 6.07) is 6.79. The molecule has 1 aliphatic rings. The van der Waals surface area contributed by atoms with Gasteiger partial charge >= 0.3 is 0 Å². The lowest BCUT2D eigenvalue weighted by molar-refractivity contribution is 0.533. The van der Waals surface area contributed by atoms with Crippen LogP contribution in [0.3, 0.4) is 0 Å². The van der Waals surface area contributed by atoms with Gasteiger partial charge in [0.05, 0.1) is 20.8 Å². The highest BCUT2D eigenvalue weighted by molar-refractivity contribution is 8.14. The first-order chi connectivity index (χ1) is 11.2. The van der Waals surface area contributed by atoms with Gasteiger partial charge in [0.2, 0.25) is 0 Å². The number of aliphatic imine (C=N–C) groups is 1. The number of rotatable bonds is 3. The molecule has 0 amide bonds. The van der Waals surface area contributed by atoms with E-state index in [0.29, 0.717) is 11.4 Å². The number of nitrogens with one attached hydrogen (secondary N) is 1. The Hall–Kier alpha value is -1.80. The minimum absolute atomic E-state index is 0.0920. The molecule has 8 heteroatoms. The monoisotopic (exact) mass is 365 g/mol. The fourth-order valence-electron chi connectivity index (χ4n) is 2.71. The Bertz CT molecular complexity index is 967. The standard InChI is InChI=1S/C16H19N3O3S2/c1-9(2)19-15-13(16(20)18-19)14(23-10(3)17-15)11-5-7-12(8-6-11)24(4,21)22/h5-9,14H,1-4H3,(H,18,20)/t14-/m0/s1. The number of thioether (sulfide) groups is 1. The molecule has 0 spiro atoms. The van der Waals surface area contributed by atoms with Crippen LogP contribution in [0, 0.1) is 0 Å². The maximum Gasteiger partial charge on any atom is 0.271 e. The summed E-state index contributed by atoms with van der Waals surface area (Å²) in [4.78, 5) is 17.3. The van der Waals surface area contributed by atoms with Gasteiger partial charge in [-0.05, 0) is 38.5 Å². The molecule has 0 bridgehead atoms. The van der Waals surface area contributed by atoms with Gasteiger partial charge in [0.25, 0.3) is 5.56 Å². The van der Waals surface area contributed by atoms with E-state index in [1.807, 2.05) is 20.8 Å². The number of hydrogen-bond acceptors (Lipinski definition) is 5. The summed E-state index contributed by atoms with van der Waals surface area (Å²) in [5.41, 5.74) is 1.35. The van der Waals surface area contributed by atoms with Gasteiger partial charge in [-0.15, -0.1) is 0 Å². The number of aromatic nitrogens is 2. The van der Waals surface area contributed by atoms with Crippen molar-refractivity contribution in [3.8, 4) is 0 Å². The molecule has 2 aromatic rings. The molecular weight excluding hydrogens is 346 g/mol. The van der Waals surface area contributed by atoms with E-state index in [0.717, 1.165) is 10.6 Å². The van der Waals surface area contributed by atoms with Crippen LogP contribution < -0.4 is 5.56 Å². The summed E-state index contributed by atoms with van der Waals surface area (Å²) < 4.78 is 25.0. The van der Waals surface area contributed by atoms with Crippen molar-refractivity contribution in [3.63, 3.8) is 0 Å². The summed E-state index contributed by atoms with van der Waals surface area (Å²) >= 11 is 1.50. The van der Waals surface area contributed by atoms with Crippen molar-refractivity contribution in [2.24, 2.45) is 4.99 Å². The van der Waals surface area contributed by atoms with Crippen molar-refractivity contribution in [1.82, 2.24) is 9.78 Å². The summed E-state index contributed by atoms with van der Waals surface area (Å²) in [5, 5.41) is 3.52. The van der Waals surface area contributed by atoms with Crippen LogP contribution in [0.2, 0.25) is 0 Å². The van der Waals surface area contributed by atoms with E-state index in [2.05, 4.69) is 10.1 Å². The topological polar surface area (TPSA) is 84.3 Å². The smallest absolute Gasteiger partial charge is 0.268 e. The van der Waals surface area contributed by atoms with E-state index >= 15 is 0 Å².